The van der Waals surface area contributed by atoms with Gasteiger partial charge in [0.15, 0.2) is 4.96 Å². The number of nitrogens with one attached hydrogen (secondary N) is 1. The largest absolute Gasteiger partial charge is 0.485 e. The number of nitrogens with zero attached hydrogens (tertiary/aromatic N) is 2. The Kier molecular flexibility index (Phi) is 5.63. The lowest BCUT2D eigenvalue weighted by molar-refractivity contribution is -0.115. The van der Waals surface area contributed by atoms with Gasteiger partial charge in [0.05, 0.1) is 17.8 Å². The van der Waals surface area contributed by atoms with Crippen LogP contribution in [0.15, 0.2) is 64.8 Å². The van der Waals surface area contributed by atoms with Gasteiger partial charge in [-0.3, -0.25) is 14.0 Å². The number of ether oxygens (including phenoxy) is 1. The maximum atomic E-state index is 12.5. The Labute approximate surface area is 177 Å². The molecule has 2 heterocycles. The molecular formula is C23H21N3O3S. The number of amides is 1. The molecule has 0 bridgehead atoms. The molecular weight excluding hydrogens is 398 g/mol. The Hall–Kier alpha value is -3.45. The zero-order valence-corrected chi connectivity index (χ0v) is 17.5. The average molecular weight is 420 g/mol. The van der Waals surface area contributed by atoms with Gasteiger partial charge >= 0.3 is 0 Å². The number of hydrogen-bond acceptors (Lipinski definition) is 5. The summed E-state index contributed by atoms with van der Waals surface area (Å²) in [6.45, 7) is 3.96. The lowest BCUT2D eigenvalue weighted by Crippen LogP contribution is -2.17. The number of anilines is 1. The van der Waals surface area contributed by atoms with Crippen LogP contribution in [0.1, 0.15) is 22.5 Å². The minimum absolute atomic E-state index is 0.122. The Bertz CT molecular complexity index is 1260. The van der Waals surface area contributed by atoms with Gasteiger partial charge in [0.25, 0.3) is 5.56 Å². The highest BCUT2D eigenvalue weighted by Gasteiger charge is 2.11. The predicted molar refractivity (Wildman–Crippen MR) is 118 cm³/mol. The summed E-state index contributed by atoms with van der Waals surface area (Å²) >= 11 is 1.42. The minimum atomic E-state index is -0.127. The second kappa shape index (κ2) is 8.51. The van der Waals surface area contributed by atoms with Crippen molar-refractivity contribution in [2.75, 3.05) is 5.32 Å². The molecule has 0 radical (unpaired) electrons. The quantitative estimate of drug-likeness (QED) is 0.510. The van der Waals surface area contributed by atoms with Crippen molar-refractivity contribution in [1.29, 1.82) is 0 Å². The van der Waals surface area contributed by atoms with E-state index in [2.05, 4.69) is 10.3 Å². The van der Waals surface area contributed by atoms with Crippen molar-refractivity contribution in [3.05, 3.63) is 92.8 Å². The van der Waals surface area contributed by atoms with Crippen LogP contribution in [0.3, 0.4) is 0 Å². The first-order valence-corrected chi connectivity index (χ1v) is 10.4. The molecule has 0 aliphatic rings. The zero-order valence-electron chi connectivity index (χ0n) is 16.7. The smallest absolute Gasteiger partial charge is 0.259 e. The number of carbonyl (C=O) groups is 1. The number of aryl methyl sites for hydroxylation is 2. The number of rotatable bonds is 6. The molecule has 6 nitrogen and oxygen atoms in total. The van der Waals surface area contributed by atoms with Crippen LogP contribution in [0.4, 0.5) is 5.69 Å². The van der Waals surface area contributed by atoms with Crippen LogP contribution in [0, 0.1) is 13.8 Å². The van der Waals surface area contributed by atoms with Crippen molar-refractivity contribution in [1.82, 2.24) is 9.38 Å². The molecule has 0 aliphatic heterocycles. The van der Waals surface area contributed by atoms with Gasteiger partial charge in [-0.25, -0.2) is 4.98 Å². The van der Waals surface area contributed by atoms with Gasteiger partial charge < -0.3 is 10.1 Å². The molecule has 2 aromatic heterocycles. The third-order valence-corrected chi connectivity index (χ3v) is 5.56. The summed E-state index contributed by atoms with van der Waals surface area (Å²) in [6, 6.07) is 16.6. The second-order valence-electron chi connectivity index (χ2n) is 7.08. The third kappa shape index (κ3) is 4.41. The summed E-state index contributed by atoms with van der Waals surface area (Å²) in [5, 5.41) is 4.83. The maximum absolute atomic E-state index is 12.5. The first-order valence-electron chi connectivity index (χ1n) is 9.53. The molecule has 4 rings (SSSR count). The van der Waals surface area contributed by atoms with Crippen LogP contribution in [-0.4, -0.2) is 15.3 Å². The molecule has 1 amide bonds. The fourth-order valence-electron chi connectivity index (χ4n) is 3.17. The van der Waals surface area contributed by atoms with Crippen molar-refractivity contribution in [3.8, 4) is 5.75 Å². The van der Waals surface area contributed by atoms with E-state index >= 15 is 0 Å². The molecule has 30 heavy (non-hydrogen) atoms. The Morgan fingerprint density at radius 1 is 1.13 bits per heavy atom. The van der Waals surface area contributed by atoms with Crippen molar-refractivity contribution < 1.29 is 9.53 Å². The molecule has 0 aliphatic carbocycles. The van der Waals surface area contributed by atoms with Gasteiger partial charge in [-0.1, -0.05) is 36.4 Å². The lowest BCUT2D eigenvalue weighted by Gasteiger charge is -2.13. The summed E-state index contributed by atoms with van der Waals surface area (Å²) in [4.78, 5) is 30.0. The molecule has 0 atom stereocenters. The van der Waals surface area contributed by atoms with Gasteiger partial charge in [0.2, 0.25) is 5.91 Å². The van der Waals surface area contributed by atoms with Gasteiger partial charge in [0.1, 0.15) is 12.4 Å². The van der Waals surface area contributed by atoms with Crippen molar-refractivity contribution in [2.45, 2.75) is 26.9 Å². The monoisotopic (exact) mass is 419 g/mol. The van der Waals surface area contributed by atoms with Crippen molar-refractivity contribution in [3.63, 3.8) is 0 Å². The molecule has 4 aromatic rings. The van der Waals surface area contributed by atoms with Gasteiger partial charge in [0, 0.05) is 17.1 Å². The molecule has 2 aromatic carbocycles. The molecule has 1 N–H and O–H groups in total. The van der Waals surface area contributed by atoms with E-state index in [4.69, 9.17) is 4.74 Å². The minimum Gasteiger partial charge on any atom is -0.485 e. The first kappa shape index (κ1) is 19.8. The van der Waals surface area contributed by atoms with E-state index in [0.717, 1.165) is 16.8 Å². The van der Waals surface area contributed by atoms with E-state index in [1.54, 1.807) is 4.40 Å². The lowest BCUT2D eigenvalue weighted by atomic mass is 10.1. The molecule has 0 saturated carbocycles. The Morgan fingerprint density at radius 2 is 1.93 bits per heavy atom. The van der Waals surface area contributed by atoms with E-state index in [9.17, 15) is 9.59 Å². The second-order valence-corrected chi connectivity index (χ2v) is 7.92. The molecule has 152 valence electrons. The fourth-order valence-corrected chi connectivity index (χ4v) is 4.06. The van der Waals surface area contributed by atoms with Gasteiger partial charge in [-0.2, -0.15) is 0 Å². The summed E-state index contributed by atoms with van der Waals surface area (Å²) in [5.41, 5.74) is 3.82. The highest BCUT2D eigenvalue weighted by atomic mass is 32.1. The summed E-state index contributed by atoms with van der Waals surface area (Å²) in [7, 11) is 0. The highest BCUT2D eigenvalue weighted by Crippen LogP contribution is 2.27. The standard InChI is InChI=1S/C23H21N3O3S/c1-15-8-9-20(19(10-15)25-21(27)11-17-6-4-3-5-7-17)29-13-18-12-22(28)26-16(2)14-30-23(26)24-18/h3-10,12,14H,11,13H2,1-2H3,(H,25,27). The van der Waals surface area contributed by atoms with Crippen molar-refractivity contribution in [2.24, 2.45) is 0 Å². The topological polar surface area (TPSA) is 72.7 Å². The van der Waals surface area contributed by atoms with E-state index in [1.165, 1.54) is 17.4 Å². The van der Waals surface area contributed by atoms with Crippen LogP contribution in [0.5, 0.6) is 5.75 Å². The Morgan fingerprint density at radius 3 is 2.73 bits per heavy atom. The van der Waals surface area contributed by atoms with E-state index in [-0.39, 0.29) is 24.5 Å². The maximum Gasteiger partial charge on any atom is 0.259 e. The van der Waals surface area contributed by atoms with Crippen molar-refractivity contribution >= 4 is 27.9 Å². The molecule has 0 saturated heterocycles. The van der Waals surface area contributed by atoms with Crippen LogP contribution in [-0.2, 0) is 17.8 Å². The summed E-state index contributed by atoms with van der Waals surface area (Å²) in [6.07, 6.45) is 0.279. The predicted octanol–water partition coefficient (Wildman–Crippen LogP) is 4.13. The molecule has 7 heteroatoms. The fraction of sp³-hybridized carbons (Fsp3) is 0.174. The summed E-state index contributed by atoms with van der Waals surface area (Å²) in [5.74, 6) is 0.412. The van der Waals surface area contributed by atoms with Crippen LogP contribution in [0.25, 0.3) is 4.96 Å². The van der Waals surface area contributed by atoms with Gasteiger partial charge in [-0.15, -0.1) is 11.3 Å². The third-order valence-electron chi connectivity index (χ3n) is 4.62. The van der Waals surface area contributed by atoms with Crippen LogP contribution >= 0.6 is 11.3 Å². The Balaban J connectivity index is 1.51. The number of fused-ring (bicyclic) bond motifs is 1. The average Bonchev–Trinajstić information content (AvgIpc) is 3.09. The number of thiazole rings is 1. The number of aromatic nitrogens is 2. The number of benzene rings is 2. The first-order chi connectivity index (χ1) is 14.5. The van der Waals surface area contributed by atoms with E-state index in [0.29, 0.717) is 22.1 Å². The molecule has 0 spiro atoms. The van der Waals surface area contributed by atoms with E-state index in [1.807, 2.05) is 67.8 Å². The SMILES string of the molecule is Cc1ccc(OCc2cc(=O)n3c(C)csc3n2)c(NC(=O)Cc2ccccc2)c1. The molecule has 0 fully saturated rings. The number of carbonyl (C=O) groups excluding carboxylic acids is 1. The van der Waals surface area contributed by atoms with E-state index < -0.39 is 0 Å². The van der Waals surface area contributed by atoms with Crippen LogP contribution in [0.2, 0.25) is 0 Å². The number of hydrogen-bond donors (Lipinski definition) is 1. The van der Waals surface area contributed by atoms with Gasteiger partial charge in [-0.05, 0) is 37.1 Å². The molecule has 0 unspecified atom stereocenters. The zero-order chi connectivity index (χ0) is 21.1. The van der Waals surface area contributed by atoms with Crippen LogP contribution < -0.4 is 15.6 Å². The summed E-state index contributed by atoms with van der Waals surface area (Å²) < 4.78 is 7.50. The normalized spacial score (nSPS) is 10.9. The highest BCUT2D eigenvalue weighted by molar-refractivity contribution is 7.15.